The standard InChI is InChI=1S/C5H10F2/c1-4(3-6)5(2)7/h4-5H,3H2,1-2H3. The molecule has 0 aromatic heterocycles. The maximum absolute atomic E-state index is 11.9. The van der Waals surface area contributed by atoms with E-state index in [1.54, 1.807) is 6.92 Å². The molecule has 0 aromatic carbocycles. The van der Waals surface area contributed by atoms with E-state index in [4.69, 9.17) is 0 Å². The largest absolute Gasteiger partial charge is 0.251 e. The second-order valence-electron chi connectivity index (χ2n) is 1.81. The van der Waals surface area contributed by atoms with Gasteiger partial charge in [0.15, 0.2) is 0 Å². The molecule has 0 fully saturated rings. The Bertz CT molecular complexity index is 43.3. The summed E-state index contributed by atoms with van der Waals surface area (Å²) >= 11 is 0. The molecular formula is C5H10F2. The third-order valence-corrected chi connectivity index (χ3v) is 1.03. The summed E-state index contributed by atoms with van der Waals surface area (Å²) in [4.78, 5) is 0. The molecule has 0 saturated heterocycles. The fourth-order valence-electron chi connectivity index (χ4n) is 0.123. The Labute approximate surface area is 42.5 Å². The highest BCUT2D eigenvalue weighted by Gasteiger charge is 2.07. The van der Waals surface area contributed by atoms with Gasteiger partial charge in [-0.15, -0.1) is 0 Å². The van der Waals surface area contributed by atoms with Crippen LogP contribution in [0.15, 0.2) is 0 Å². The minimum atomic E-state index is -1.01. The Morgan fingerprint density at radius 2 is 1.86 bits per heavy atom. The van der Waals surface area contributed by atoms with Gasteiger partial charge in [-0.05, 0) is 6.92 Å². The Balaban J connectivity index is 3.14. The van der Waals surface area contributed by atoms with Crippen LogP contribution >= 0.6 is 0 Å². The van der Waals surface area contributed by atoms with Crippen molar-refractivity contribution in [1.82, 2.24) is 0 Å². The van der Waals surface area contributed by atoms with Gasteiger partial charge in [0.1, 0.15) is 6.17 Å². The van der Waals surface area contributed by atoms with E-state index in [9.17, 15) is 8.78 Å². The lowest BCUT2D eigenvalue weighted by atomic mass is 10.1. The van der Waals surface area contributed by atoms with Crippen molar-refractivity contribution in [3.05, 3.63) is 0 Å². The van der Waals surface area contributed by atoms with E-state index < -0.39 is 18.8 Å². The average Bonchev–Trinajstić information content (AvgIpc) is 1.65. The number of hydrogen-bond donors (Lipinski definition) is 0. The molecule has 2 heteroatoms. The van der Waals surface area contributed by atoms with Crippen LogP contribution in [-0.2, 0) is 0 Å². The summed E-state index contributed by atoms with van der Waals surface area (Å²) < 4.78 is 23.3. The van der Waals surface area contributed by atoms with E-state index in [2.05, 4.69) is 0 Å². The highest BCUT2D eigenvalue weighted by atomic mass is 19.1. The van der Waals surface area contributed by atoms with Crippen LogP contribution in [0.25, 0.3) is 0 Å². The van der Waals surface area contributed by atoms with Gasteiger partial charge in [0.2, 0.25) is 0 Å². The molecule has 0 heterocycles. The Hall–Kier alpha value is -0.140. The lowest BCUT2D eigenvalue weighted by Gasteiger charge is -2.04. The molecule has 0 bridgehead atoms. The second-order valence-corrected chi connectivity index (χ2v) is 1.81. The smallest absolute Gasteiger partial charge is 0.102 e. The van der Waals surface area contributed by atoms with Crippen molar-refractivity contribution >= 4 is 0 Å². The van der Waals surface area contributed by atoms with Crippen LogP contribution in [0.3, 0.4) is 0 Å². The quantitative estimate of drug-likeness (QED) is 0.507. The molecule has 7 heavy (non-hydrogen) atoms. The molecule has 2 unspecified atom stereocenters. The van der Waals surface area contributed by atoms with E-state index in [-0.39, 0.29) is 0 Å². The van der Waals surface area contributed by atoms with Gasteiger partial charge in [-0.2, -0.15) is 0 Å². The highest BCUT2D eigenvalue weighted by Crippen LogP contribution is 2.05. The molecule has 44 valence electrons. The first-order valence-corrected chi connectivity index (χ1v) is 2.38. The monoisotopic (exact) mass is 108 g/mol. The van der Waals surface area contributed by atoms with E-state index >= 15 is 0 Å². The van der Waals surface area contributed by atoms with Crippen molar-refractivity contribution in [3.63, 3.8) is 0 Å². The van der Waals surface area contributed by atoms with Crippen molar-refractivity contribution in [2.75, 3.05) is 6.67 Å². The maximum Gasteiger partial charge on any atom is 0.102 e. The van der Waals surface area contributed by atoms with Gasteiger partial charge in [0.05, 0.1) is 6.67 Å². The van der Waals surface area contributed by atoms with Gasteiger partial charge in [-0.25, -0.2) is 4.39 Å². The fourth-order valence-corrected chi connectivity index (χ4v) is 0.123. The average molecular weight is 108 g/mol. The first-order valence-electron chi connectivity index (χ1n) is 2.38. The van der Waals surface area contributed by atoms with Crippen LogP contribution in [0, 0.1) is 5.92 Å². The Morgan fingerprint density at radius 1 is 1.43 bits per heavy atom. The van der Waals surface area contributed by atoms with Gasteiger partial charge in [-0.1, -0.05) is 6.92 Å². The van der Waals surface area contributed by atoms with Gasteiger partial charge < -0.3 is 0 Å². The molecule has 0 aromatic rings. The lowest BCUT2D eigenvalue weighted by molar-refractivity contribution is 0.223. The minimum absolute atomic E-state index is 0.431. The van der Waals surface area contributed by atoms with Gasteiger partial charge in [0, 0.05) is 5.92 Å². The zero-order valence-corrected chi connectivity index (χ0v) is 4.62. The first kappa shape index (κ1) is 6.86. The van der Waals surface area contributed by atoms with Crippen LogP contribution in [0.5, 0.6) is 0 Å². The second kappa shape index (κ2) is 2.94. The topological polar surface area (TPSA) is 0 Å². The van der Waals surface area contributed by atoms with Crippen LogP contribution < -0.4 is 0 Å². The van der Waals surface area contributed by atoms with Crippen molar-refractivity contribution in [2.24, 2.45) is 5.92 Å². The van der Waals surface area contributed by atoms with Crippen LogP contribution in [-0.4, -0.2) is 12.8 Å². The molecule has 0 amide bonds. The summed E-state index contributed by atoms with van der Waals surface area (Å²) in [6.07, 6.45) is -1.01. The van der Waals surface area contributed by atoms with E-state index in [1.165, 1.54) is 6.92 Å². The molecule has 0 rings (SSSR count). The van der Waals surface area contributed by atoms with Gasteiger partial charge in [0.25, 0.3) is 0 Å². The van der Waals surface area contributed by atoms with Crippen molar-refractivity contribution < 1.29 is 8.78 Å². The van der Waals surface area contributed by atoms with Crippen molar-refractivity contribution in [2.45, 2.75) is 20.0 Å². The van der Waals surface area contributed by atoms with Crippen molar-refractivity contribution in [3.8, 4) is 0 Å². The van der Waals surface area contributed by atoms with E-state index in [0.29, 0.717) is 0 Å². The molecule has 0 spiro atoms. The van der Waals surface area contributed by atoms with Gasteiger partial charge >= 0.3 is 0 Å². The molecule has 2 atom stereocenters. The SMILES string of the molecule is CC(F)C(C)CF. The molecular weight excluding hydrogens is 98.1 g/mol. The van der Waals surface area contributed by atoms with E-state index in [0.717, 1.165) is 0 Å². The highest BCUT2D eigenvalue weighted by molar-refractivity contribution is 4.55. The normalized spacial score (nSPS) is 18.9. The van der Waals surface area contributed by atoms with Gasteiger partial charge in [-0.3, -0.25) is 4.39 Å². The molecule has 0 nitrogen and oxygen atoms in total. The molecule has 0 aliphatic rings. The summed E-state index contributed by atoms with van der Waals surface area (Å²) in [6.45, 7) is 2.35. The number of halogens is 2. The van der Waals surface area contributed by atoms with Crippen molar-refractivity contribution in [1.29, 1.82) is 0 Å². The molecule has 0 aliphatic carbocycles. The molecule has 0 N–H and O–H groups in total. The van der Waals surface area contributed by atoms with E-state index in [1.807, 2.05) is 0 Å². The summed E-state index contributed by atoms with van der Waals surface area (Å²) in [7, 11) is 0. The van der Waals surface area contributed by atoms with Crippen LogP contribution in [0.4, 0.5) is 8.78 Å². The molecule has 0 radical (unpaired) electrons. The Kier molecular flexibility index (Phi) is 2.88. The third-order valence-electron chi connectivity index (χ3n) is 1.03. The maximum atomic E-state index is 11.9. The fraction of sp³-hybridized carbons (Fsp3) is 1.00. The predicted molar refractivity (Wildman–Crippen MR) is 25.7 cm³/mol. The number of rotatable bonds is 2. The van der Waals surface area contributed by atoms with Crippen LogP contribution in [0.2, 0.25) is 0 Å². The molecule has 0 saturated carbocycles. The first-order chi connectivity index (χ1) is 3.18. The van der Waals surface area contributed by atoms with Crippen LogP contribution in [0.1, 0.15) is 13.8 Å². The molecule has 0 aliphatic heterocycles. The Morgan fingerprint density at radius 3 is 1.86 bits per heavy atom. The third kappa shape index (κ3) is 2.54. The lowest BCUT2D eigenvalue weighted by Crippen LogP contribution is -2.09. The zero-order chi connectivity index (χ0) is 5.86. The zero-order valence-electron chi connectivity index (χ0n) is 4.62. The summed E-state index contributed by atoms with van der Waals surface area (Å²) in [5, 5.41) is 0. The summed E-state index contributed by atoms with van der Waals surface area (Å²) in [5.74, 6) is -0.431. The predicted octanol–water partition coefficient (Wildman–Crippen LogP) is 1.95. The number of hydrogen-bond acceptors (Lipinski definition) is 0. The number of alkyl halides is 2. The minimum Gasteiger partial charge on any atom is -0.251 e. The summed E-state index contributed by atoms with van der Waals surface area (Å²) in [6, 6.07) is 0. The summed E-state index contributed by atoms with van der Waals surface area (Å²) in [5.41, 5.74) is 0.